The van der Waals surface area contributed by atoms with E-state index in [-0.39, 0.29) is 17.8 Å². The number of anilines is 1. The van der Waals surface area contributed by atoms with Gasteiger partial charge in [0.2, 0.25) is 5.78 Å². The number of carbonyl (C=O) groups excluding carboxylic acids is 2. The highest BCUT2D eigenvalue weighted by Crippen LogP contribution is 2.27. The summed E-state index contributed by atoms with van der Waals surface area (Å²) in [7, 11) is 1.29. The smallest absolute Gasteiger partial charge is 0.332 e. The molecular formula is C17H25N3O5. The average Bonchev–Trinajstić information content (AvgIpc) is 3.08. The van der Waals surface area contributed by atoms with Crippen molar-refractivity contribution in [2.24, 2.45) is 13.0 Å². The minimum atomic E-state index is -0.772. The van der Waals surface area contributed by atoms with Crippen molar-refractivity contribution < 1.29 is 14.3 Å². The molecule has 0 aromatic carbocycles. The second-order valence-electron chi connectivity index (χ2n) is 6.50. The zero-order valence-electron chi connectivity index (χ0n) is 14.7. The molecule has 1 aromatic heterocycles. The first-order valence-electron chi connectivity index (χ1n) is 8.64. The van der Waals surface area contributed by atoms with Gasteiger partial charge in [-0.05, 0) is 25.2 Å². The molecule has 1 aliphatic rings. The Morgan fingerprint density at radius 1 is 1.24 bits per heavy atom. The van der Waals surface area contributed by atoms with Gasteiger partial charge in [-0.15, -0.1) is 0 Å². The first kappa shape index (κ1) is 19.0. The lowest BCUT2D eigenvalue weighted by atomic mass is 10.0. The fraction of sp³-hybridized carbons (Fsp3) is 0.647. The van der Waals surface area contributed by atoms with Gasteiger partial charge in [-0.2, -0.15) is 0 Å². The van der Waals surface area contributed by atoms with Gasteiger partial charge >= 0.3 is 11.7 Å². The van der Waals surface area contributed by atoms with Crippen LogP contribution in [0.5, 0.6) is 0 Å². The van der Waals surface area contributed by atoms with Crippen LogP contribution in [0.2, 0.25) is 0 Å². The first-order valence-corrected chi connectivity index (χ1v) is 8.64. The SMILES string of the molecule is CCCn1c(N)c(C(=O)COC(=O)CC2CCCC2)c(=O)n(C)c1=O. The van der Waals surface area contributed by atoms with Crippen molar-refractivity contribution in [3.05, 3.63) is 26.4 Å². The number of aromatic nitrogens is 2. The highest BCUT2D eigenvalue weighted by molar-refractivity contribution is 6.01. The van der Waals surface area contributed by atoms with Gasteiger partial charge in [0, 0.05) is 20.0 Å². The third-order valence-corrected chi connectivity index (χ3v) is 4.60. The molecule has 1 heterocycles. The molecule has 0 aliphatic heterocycles. The molecule has 0 atom stereocenters. The van der Waals surface area contributed by atoms with E-state index in [9.17, 15) is 19.2 Å². The number of rotatable bonds is 7. The lowest BCUT2D eigenvalue weighted by molar-refractivity contribution is -0.143. The van der Waals surface area contributed by atoms with Gasteiger partial charge in [-0.25, -0.2) is 4.79 Å². The van der Waals surface area contributed by atoms with Crippen LogP contribution in [0.4, 0.5) is 5.82 Å². The molecule has 2 rings (SSSR count). The second kappa shape index (κ2) is 8.13. The Labute approximate surface area is 145 Å². The van der Waals surface area contributed by atoms with Gasteiger partial charge in [0.1, 0.15) is 11.4 Å². The van der Waals surface area contributed by atoms with Gasteiger partial charge in [0.25, 0.3) is 5.56 Å². The lowest BCUT2D eigenvalue weighted by Gasteiger charge is -2.14. The molecule has 0 radical (unpaired) electrons. The van der Waals surface area contributed by atoms with Crippen molar-refractivity contribution in [3.8, 4) is 0 Å². The van der Waals surface area contributed by atoms with Crippen molar-refractivity contribution in [1.82, 2.24) is 9.13 Å². The molecule has 2 N–H and O–H groups in total. The quantitative estimate of drug-likeness (QED) is 0.575. The second-order valence-corrected chi connectivity index (χ2v) is 6.50. The van der Waals surface area contributed by atoms with Gasteiger partial charge < -0.3 is 10.5 Å². The predicted octanol–water partition coefficient (Wildman–Crippen LogP) is 0.845. The summed E-state index contributed by atoms with van der Waals surface area (Å²) in [5.74, 6) is -1.00. The van der Waals surface area contributed by atoms with Crippen LogP contribution >= 0.6 is 0 Å². The van der Waals surface area contributed by atoms with E-state index in [2.05, 4.69) is 0 Å². The summed E-state index contributed by atoms with van der Waals surface area (Å²) in [5, 5.41) is 0. The van der Waals surface area contributed by atoms with E-state index in [0.29, 0.717) is 18.9 Å². The molecule has 1 aliphatic carbocycles. The molecule has 25 heavy (non-hydrogen) atoms. The number of nitrogen functional groups attached to an aromatic ring is 1. The van der Waals surface area contributed by atoms with Gasteiger partial charge in [0.15, 0.2) is 6.61 Å². The fourth-order valence-corrected chi connectivity index (χ4v) is 3.21. The Balaban J connectivity index is 2.14. The maximum atomic E-state index is 12.4. The maximum Gasteiger partial charge on any atom is 0.332 e. The third-order valence-electron chi connectivity index (χ3n) is 4.60. The highest BCUT2D eigenvalue weighted by atomic mass is 16.5. The van der Waals surface area contributed by atoms with E-state index < -0.39 is 29.6 Å². The topological polar surface area (TPSA) is 113 Å². The molecule has 1 aromatic rings. The molecular weight excluding hydrogens is 326 g/mol. The number of ether oxygens (including phenoxy) is 1. The number of ketones is 1. The van der Waals surface area contributed by atoms with Gasteiger partial charge in [0.05, 0.1) is 0 Å². The third kappa shape index (κ3) is 4.18. The summed E-state index contributed by atoms with van der Waals surface area (Å²) in [6.07, 6.45) is 5.13. The summed E-state index contributed by atoms with van der Waals surface area (Å²) in [6.45, 7) is 1.60. The van der Waals surface area contributed by atoms with E-state index in [1.165, 1.54) is 11.6 Å². The van der Waals surface area contributed by atoms with Crippen LogP contribution in [0.25, 0.3) is 0 Å². The fourth-order valence-electron chi connectivity index (χ4n) is 3.21. The summed E-state index contributed by atoms with van der Waals surface area (Å²) < 4.78 is 7.06. The number of nitrogens with zero attached hydrogens (tertiary/aromatic N) is 2. The number of Topliss-reactive ketones (excluding diaryl/α,β-unsaturated/α-hetero) is 1. The van der Waals surface area contributed by atoms with Crippen molar-refractivity contribution >= 4 is 17.6 Å². The normalized spacial score (nSPS) is 14.6. The van der Waals surface area contributed by atoms with E-state index in [4.69, 9.17) is 10.5 Å². The lowest BCUT2D eigenvalue weighted by Crippen LogP contribution is -2.43. The minimum absolute atomic E-state index is 0.174. The molecule has 0 spiro atoms. The standard InChI is InChI=1S/C17H25N3O5/c1-3-8-20-15(18)14(16(23)19(2)17(20)24)12(21)10-25-13(22)9-11-6-4-5-7-11/h11H,3-10,18H2,1-2H3. The van der Waals surface area contributed by atoms with Crippen LogP contribution in [0.15, 0.2) is 9.59 Å². The minimum Gasteiger partial charge on any atom is -0.457 e. The Hall–Kier alpha value is -2.38. The van der Waals surface area contributed by atoms with Crippen LogP contribution < -0.4 is 17.0 Å². The van der Waals surface area contributed by atoms with Crippen molar-refractivity contribution in [3.63, 3.8) is 0 Å². The van der Waals surface area contributed by atoms with Crippen molar-refractivity contribution in [2.45, 2.75) is 52.0 Å². The van der Waals surface area contributed by atoms with E-state index in [0.717, 1.165) is 30.3 Å². The van der Waals surface area contributed by atoms with Crippen LogP contribution in [0.3, 0.4) is 0 Å². The molecule has 0 amide bonds. The van der Waals surface area contributed by atoms with Crippen molar-refractivity contribution in [2.75, 3.05) is 12.3 Å². The number of hydrogen-bond acceptors (Lipinski definition) is 6. The van der Waals surface area contributed by atoms with E-state index in [1.54, 1.807) is 0 Å². The van der Waals surface area contributed by atoms with E-state index in [1.807, 2.05) is 6.92 Å². The summed E-state index contributed by atoms with van der Waals surface area (Å²) in [4.78, 5) is 48.5. The van der Waals surface area contributed by atoms with E-state index >= 15 is 0 Å². The summed E-state index contributed by atoms with van der Waals surface area (Å²) >= 11 is 0. The Morgan fingerprint density at radius 3 is 2.48 bits per heavy atom. The zero-order valence-corrected chi connectivity index (χ0v) is 14.7. The Kier molecular flexibility index (Phi) is 6.17. The van der Waals surface area contributed by atoms with Gasteiger partial charge in [-0.1, -0.05) is 19.8 Å². The predicted molar refractivity (Wildman–Crippen MR) is 92.5 cm³/mol. The monoisotopic (exact) mass is 351 g/mol. The van der Waals surface area contributed by atoms with Crippen molar-refractivity contribution in [1.29, 1.82) is 0 Å². The first-order chi connectivity index (χ1) is 11.9. The molecule has 0 unspecified atom stereocenters. The Bertz CT molecular complexity index is 772. The van der Waals surface area contributed by atoms with Crippen LogP contribution in [0.1, 0.15) is 55.8 Å². The highest BCUT2D eigenvalue weighted by Gasteiger charge is 2.24. The largest absolute Gasteiger partial charge is 0.457 e. The number of hydrogen-bond donors (Lipinski definition) is 1. The number of nitrogens with two attached hydrogens (primary N) is 1. The Morgan fingerprint density at radius 2 is 1.88 bits per heavy atom. The summed E-state index contributed by atoms with van der Waals surface area (Å²) in [6, 6.07) is 0. The maximum absolute atomic E-state index is 12.4. The average molecular weight is 351 g/mol. The summed E-state index contributed by atoms with van der Waals surface area (Å²) in [5.41, 5.74) is 4.22. The van der Waals surface area contributed by atoms with Crippen LogP contribution in [-0.2, 0) is 23.1 Å². The molecule has 138 valence electrons. The van der Waals surface area contributed by atoms with Crippen LogP contribution in [0, 0.1) is 5.92 Å². The molecule has 8 nitrogen and oxygen atoms in total. The van der Waals surface area contributed by atoms with Gasteiger partial charge in [-0.3, -0.25) is 23.5 Å². The molecule has 1 saturated carbocycles. The molecule has 1 fully saturated rings. The number of esters is 1. The molecule has 8 heteroatoms. The number of carbonyl (C=O) groups is 2. The molecule has 0 saturated heterocycles. The molecule has 0 bridgehead atoms. The zero-order chi connectivity index (χ0) is 18.6. The van der Waals surface area contributed by atoms with Crippen LogP contribution in [-0.4, -0.2) is 27.5 Å².